The van der Waals surface area contributed by atoms with E-state index in [2.05, 4.69) is 4.74 Å². The van der Waals surface area contributed by atoms with E-state index in [0.29, 0.717) is 5.75 Å². The molecule has 1 rings (SSSR count). The zero-order chi connectivity index (χ0) is 18.3. The fourth-order valence-electron chi connectivity index (χ4n) is 2.39. The first-order valence-electron chi connectivity index (χ1n) is 7.90. The van der Waals surface area contributed by atoms with Gasteiger partial charge in [0, 0.05) is 6.54 Å². The van der Waals surface area contributed by atoms with Crippen LogP contribution >= 0.6 is 0 Å². The quantitative estimate of drug-likeness (QED) is 0.733. The highest BCUT2D eigenvalue weighted by atomic mass is 16.5. The van der Waals surface area contributed by atoms with Crippen molar-refractivity contribution in [2.75, 3.05) is 26.9 Å². The molecule has 24 heavy (non-hydrogen) atoms. The van der Waals surface area contributed by atoms with Crippen LogP contribution in [0, 0.1) is 13.8 Å². The molecule has 6 heteroatoms. The third-order valence-electron chi connectivity index (χ3n) is 3.93. The Bertz CT molecular complexity index is 563. The molecule has 1 aromatic carbocycles. The molecule has 0 saturated carbocycles. The number of para-hydroxylation sites is 1. The summed E-state index contributed by atoms with van der Waals surface area (Å²) in [6.07, 6.45) is 0.0645. The number of benzene rings is 1. The van der Waals surface area contributed by atoms with Gasteiger partial charge in [0.25, 0.3) is 5.91 Å². The van der Waals surface area contributed by atoms with Gasteiger partial charge in [-0.2, -0.15) is 0 Å². The number of esters is 1. The molecule has 0 radical (unpaired) electrons. The number of rotatable bonds is 8. The fourth-order valence-corrected chi connectivity index (χ4v) is 2.39. The van der Waals surface area contributed by atoms with Crippen LogP contribution in [0.25, 0.3) is 0 Å². The van der Waals surface area contributed by atoms with Gasteiger partial charge in [-0.05, 0) is 38.8 Å². The summed E-state index contributed by atoms with van der Waals surface area (Å²) in [4.78, 5) is 25.4. The van der Waals surface area contributed by atoms with Gasteiger partial charge in [0.2, 0.25) is 0 Å². The van der Waals surface area contributed by atoms with Crippen molar-refractivity contribution in [1.82, 2.24) is 4.90 Å². The van der Waals surface area contributed by atoms with Crippen LogP contribution in [0.5, 0.6) is 5.75 Å². The lowest BCUT2D eigenvalue weighted by Gasteiger charge is -2.37. The van der Waals surface area contributed by atoms with Gasteiger partial charge < -0.3 is 19.5 Å². The van der Waals surface area contributed by atoms with Gasteiger partial charge in [-0.3, -0.25) is 9.59 Å². The van der Waals surface area contributed by atoms with E-state index in [-0.39, 0.29) is 32.1 Å². The Labute approximate surface area is 143 Å². The maximum atomic E-state index is 12.6. The van der Waals surface area contributed by atoms with Crippen LogP contribution in [0.2, 0.25) is 0 Å². The van der Waals surface area contributed by atoms with E-state index in [4.69, 9.17) is 4.74 Å². The van der Waals surface area contributed by atoms with E-state index < -0.39 is 11.5 Å². The van der Waals surface area contributed by atoms with E-state index >= 15 is 0 Å². The van der Waals surface area contributed by atoms with Crippen molar-refractivity contribution in [2.45, 2.75) is 39.7 Å². The van der Waals surface area contributed by atoms with Crippen molar-refractivity contribution < 1.29 is 24.2 Å². The standard InChI is InChI=1S/C18H27NO5/c1-13-7-6-8-14(2)17(13)24-11-15(21)19(18(3,4)12-20)10-9-16(22)23-5/h6-8,20H,9-12H2,1-5H3. The second-order valence-electron chi connectivity index (χ2n) is 6.35. The number of carbonyl (C=O) groups excluding carboxylic acids is 2. The number of hydrogen-bond donors (Lipinski definition) is 1. The lowest BCUT2D eigenvalue weighted by Crippen LogP contribution is -2.52. The molecule has 0 aliphatic carbocycles. The van der Waals surface area contributed by atoms with Gasteiger partial charge >= 0.3 is 5.97 Å². The molecule has 1 aromatic rings. The summed E-state index contributed by atoms with van der Waals surface area (Å²) in [6.45, 7) is 7.09. The average molecular weight is 337 g/mol. The smallest absolute Gasteiger partial charge is 0.307 e. The van der Waals surface area contributed by atoms with Crippen LogP contribution in [0.15, 0.2) is 18.2 Å². The third-order valence-corrected chi connectivity index (χ3v) is 3.93. The highest BCUT2D eigenvalue weighted by Crippen LogP contribution is 2.23. The minimum atomic E-state index is -0.796. The summed E-state index contributed by atoms with van der Waals surface area (Å²) in [7, 11) is 1.30. The summed E-state index contributed by atoms with van der Waals surface area (Å²) >= 11 is 0. The first-order chi connectivity index (χ1) is 11.2. The summed E-state index contributed by atoms with van der Waals surface area (Å²) in [5, 5.41) is 9.56. The second kappa shape index (κ2) is 8.68. The number of aliphatic hydroxyl groups is 1. The third kappa shape index (κ3) is 5.23. The van der Waals surface area contributed by atoms with E-state index in [1.165, 1.54) is 12.0 Å². The predicted molar refractivity (Wildman–Crippen MR) is 90.9 cm³/mol. The fraction of sp³-hybridized carbons (Fsp3) is 0.556. The number of nitrogens with zero attached hydrogens (tertiary/aromatic N) is 1. The van der Waals surface area contributed by atoms with Gasteiger partial charge in [-0.25, -0.2) is 0 Å². The van der Waals surface area contributed by atoms with Gasteiger partial charge in [-0.1, -0.05) is 18.2 Å². The number of methoxy groups -OCH3 is 1. The first kappa shape index (κ1) is 20.0. The molecular formula is C18H27NO5. The summed E-state index contributed by atoms with van der Waals surface area (Å²) in [5.74, 6) is -0.0154. The number of ether oxygens (including phenoxy) is 2. The molecule has 0 atom stereocenters. The minimum Gasteiger partial charge on any atom is -0.483 e. The Morgan fingerprint density at radius 3 is 2.29 bits per heavy atom. The van der Waals surface area contributed by atoms with Gasteiger partial charge in [0.05, 0.1) is 25.7 Å². The maximum Gasteiger partial charge on any atom is 0.307 e. The van der Waals surface area contributed by atoms with Gasteiger partial charge in [0.15, 0.2) is 6.61 Å². The first-order valence-corrected chi connectivity index (χ1v) is 7.90. The molecule has 0 heterocycles. The van der Waals surface area contributed by atoms with E-state index in [9.17, 15) is 14.7 Å². The number of aryl methyl sites for hydroxylation is 2. The maximum absolute atomic E-state index is 12.6. The normalized spacial score (nSPS) is 11.1. The van der Waals surface area contributed by atoms with E-state index in [0.717, 1.165) is 11.1 Å². The summed E-state index contributed by atoms with van der Waals surface area (Å²) < 4.78 is 10.3. The van der Waals surface area contributed by atoms with Gasteiger partial charge in [0.1, 0.15) is 5.75 Å². The molecule has 134 valence electrons. The van der Waals surface area contributed by atoms with Crippen molar-refractivity contribution in [1.29, 1.82) is 0 Å². The Morgan fingerprint density at radius 1 is 1.21 bits per heavy atom. The molecule has 0 fully saturated rings. The van der Waals surface area contributed by atoms with Crippen molar-refractivity contribution in [3.63, 3.8) is 0 Å². The number of hydrogen-bond acceptors (Lipinski definition) is 5. The zero-order valence-electron chi connectivity index (χ0n) is 15.1. The van der Waals surface area contributed by atoms with Crippen molar-refractivity contribution >= 4 is 11.9 Å². The molecule has 0 saturated heterocycles. The lowest BCUT2D eigenvalue weighted by molar-refractivity contribution is -0.145. The molecule has 0 bridgehead atoms. The molecule has 0 unspecified atom stereocenters. The SMILES string of the molecule is COC(=O)CCN(C(=O)COc1c(C)cccc1C)C(C)(C)CO. The lowest BCUT2D eigenvalue weighted by atomic mass is 10.0. The molecule has 1 amide bonds. The van der Waals surface area contributed by atoms with E-state index in [1.807, 2.05) is 32.0 Å². The van der Waals surface area contributed by atoms with Crippen LogP contribution in [0.4, 0.5) is 0 Å². The van der Waals surface area contributed by atoms with Crippen LogP contribution in [0.1, 0.15) is 31.4 Å². The van der Waals surface area contributed by atoms with Crippen LogP contribution in [-0.4, -0.2) is 54.3 Å². The summed E-state index contributed by atoms with van der Waals surface area (Å²) in [6, 6.07) is 5.76. The topological polar surface area (TPSA) is 76.1 Å². The van der Waals surface area contributed by atoms with Crippen molar-refractivity contribution in [3.05, 3.63) is 29.3 Å². The minimum absolute atomic E-state index is 0.0645. The molecule has 0 aliphatic heterocycles. The largest absolute Gasteiger partial charge is 0.483 e. The highest BCUT2D eigenvalue weighted by molar-refractivity contribution is 5.79. The summed E-state index contributed by atoms with van der Waals surface area (Å²) in [5.41, 5.74) is 1.10. The molecule has 1 N–H and O–H groups in total. The highest BCUT2D eigenvalue weighted by Gasteiger charge is 2.31. The Balaban J connectivity index is 2.82. The Morgan fingerprint density at radius 2 is 1.79 bits per heavy atom. The predicted octanol–water partition coefficient (Wildman–Crippen LogP) is 1.84. The second-order valence-corrected chi connectivity index (χ2v) is 6.35. The number of aliphatic hydroxyl groups excluding tert-OH is 1. The Kier molecular flexibility index (Phi) is 7.22. The van der Waals surface area contributed by atoms with Crippen LogP contribution < -0.4 is 4.74 Å². The van der Waals surface area contributed by atoms with Crippen molar-refractivity contribution in [2.24, 2.45) is 0 Å². The average Bonchev–Trinajstić information content (AvgIpc) is 2.54. The Hall–Kier alpha value is -2.08. The number of amides is 1. The number of carbonyl (C=O) groups is 2. The molecule has 0 aliphatic rings. The van der Waals surface area contributed by atoms with E-state index in [1.54, 1.807) is 13.8 Å². The van der Waals surface area contributed by atoms with Crippen molar-refractivity contribution in [3.8, 4) is 5.75 Å². The zero-order valence-corrected chi connectivity index (χ0v) is 15.1. The molecule has 6 nitrogen and oxygen atoms in total. The molecule has 0 spiro atoms. The molecular weight excluding hydrogens is 310 g/mol. The van der Waals surface area contributed by atoms with Gasteiger partial charge in [-0.15, -0.1) is 0 Å². The molecule has 0 aromatic heterocycles. The monoisotopic (exact) mass is 337 g/mol. The van der Waals surface area contributed by atoms with Crippen LogP contribution in [-0.2, 0) is 14.3 Å². The van der Waals surface area contributed by atoms with Crippen LogP contribution in [0.3, 0.4) is 0 Å².